The van der Waals surface area contributed by atoms with Gasteiger partial charge in [-0.05, 0) is 49.4 Å². The molecule has 6 atom stereocenters. The van der Waals surface area contributed by atoms with Crippen molar-refractivity contribution in [2.45, 2.75) is 104 Å². The minimum atomic E-state index is -0.844. The molecule has 2 aliphatic carbocycles. The fraction of sp³-hybridized carbons (Fsp3) is 0.920. The lowest BCUT2D eigenvalue weighted by Crippen LogP contribution is -2.37. The summed E-state index contributed by atoms with van der Waals surface area (Å²) in [6.07, 6.45) is 15.2. The summed E-state index contributed by atoms with van der Waals surface area (Å²) >= 11 is 0. The maximum Gasteiger partial charge on any atom is 0.309 e. The van der Waals surface area contributed by atoms with E-state index in [1.807, 2.05) is 0 Å². The highest BCUT2D eigenvalue weighted by atomic mass is 16.5. The molecule has 2 aliphatic rings. The number of esters is 1. The molecule has 2 fully saturated rings. The van der Waals surface area contributed by atoms with Gasteiger partial charge in [0.1, 0.15) is 0 Å². The Morgan fingerprint density at radius 3 is 2.31 bits per heavy atom. The summed E-state index contributed by atoms with van der Waals surface area (Å²) in [5.74, 6) is 0.00896. The van der Waals surface area contributed by atoms with Gasteiger partial charge in [0.05, 0.1) is 18.4 Å². The molecule has 0 aromatic carbocycles. The van der Waals surface area contributed by atoms with E-state index in [2.05, 4.69) is 20.8 Å². The van der Waals surface area contributed by atoms with E-state index in [-0.39, 0.29) is 5.97 Å². The molecule has 4 heteroatoms. The second-order valence-electron chi connectivity index (χ2n) is 9.97. The number of carboxylic acids is 1. The molecular formula is C25H44O4. The number of hydrogen-bond donors (Lipinski definition) is 1. The van der Waals surface area contributed by atoms with Crippen molar-refractivity contribution in [3.05, 3.63) is 0 Å². The first-order valence-corrected chi connectivity index (χ1v) is 12.3. The lowest BCUT2D eigenvalue weighted by molar-refractivity contribution is -0.162. The van der Waals surface area contributed by atoms with Gasteiger partial charge in [-0.15, -0.1) is 0 Å². The third kappa shape index (κ3) is 7.61. The highest BCUT2D eigenvalue weighted by Crippen LogP contribution is 2.39. The number of carboxylic acid groups (broad SMARTS) is 1. The van der Waals surface area contributed by atoms with E-state index in [9.17, 15) is 14.7 Å². The van der Waals surface area contributed by atoms with E-state index in [4.69, 9.17) is 4.74 Å². The summed E-state index contributed by atoms with van der Waals surface area (Å²) in [7, 11) is 0. The van der Waals surface area contributed by atoms with Crippen molar-refractivity contribution in [3.8, 4) is 0 Å². The van der Waals surface area contributed by atoms with Gasteiger partial charge in [0.2, 0.25) is 0 Å². The fourth-order valence-corrected chi connectivity index (χ4v) is 5.61. The topological polar surface area (TPSA) is 63.6 Å². The van der Waals surface area contributed by atoms with Gasteiger partial charge in [-0.25, -0.2) is 0 Å². The monoisotopic (exact) mass is 408 g/mol. The molecule has 0 heterocycles. The van der Waals surface area contributed by atoms with Crippen LogP contribution < -0.4 is 0 Å². The highest BCUT2D eigenvalue weighted by Gasteiger charge is 2.39. The molecule has 1 N–H and O–H groups in total. The van der Waals surface area contributed by atoms with Gasteiger partial charge in [0.15, 0.2) is 0 Å². The highest BCUT2D eigenvalue weighted by molar-refractivity contribution is 5.81. The second-order valence-corrected chi connectivity index (χ2v) is 9.97. The molecule has 0 radical (unpaired) electrons. The van der Waals surface area contributed by atoms with E-state index >= 15 is 0 Å². The van der Waals surface area contributed by atoms with Crippen LogP contribution in [-0.2, 0) is 14.3 Å². The van der Waals surface area contributed by atoms with Crippen molar-refractivity contribution in [1.82, 2.24) is 0 Å². The molecule has 0 aromatic rings. The van der Waals surface area contributed by atoms with E-state index in [1.165, 1.54) is 57.8 Å². The van der Waals surface area contributed by atoms with Crippen LogP contribution in [0.2, 0.25) is 0 Å². The van der Waals surface area contributed by atoms with E-state index < -0.39 is 17.8 Å². The Morgan fingerprint density at radius 2 is 1.59 bits per heavy atom. The number of aliphatic carboxylic acids is 1. The number of unbranched alkanes of at least 4 members (excludes halogenated alkanes) is 5. The predicted octanol–water partition coefficient (Wildman–Crippen LogP) is 6.47. The zero-order chi connectivity index (χ0) is 21.2. The molecule has 0 bridgehead atoms. The van der Waals surface area contributed by atoms with Crippen molar-refractivity contribution in [2.24, 2.45) is 35.5 Å². The summed E-state index contributed by atoms with van der Waals surface area (Å²) in [5, 5.41) is 9.51. The fourth-order valence-electron chi connectivity index (χ4n) is 5.61. The number of carbonyl (C=O) groups is 2. The van der Waals surface area contributed by atoms with Crippen LogP contribution in [-0.4, -0.2) is 23.7 Å². The first kappa shape index (κ1) is 24.2. The van der Waals surface area contributed by atoms with E-state index in [1.54, 1.807) is 0 Å². The van der Waals surface area contributed by atoms with Crippen molar-refractivity contribution in [2.75, 3.05) is 6.61 Å². The Balaban J connectivity index is 1.75. The molecule has 2 rings (SSSR count). The minimum absolute atomic E-state index is 0.269. The van der Waals surface area contributed by atoms with Crippen LogP contribution in [0.25, 0.3) is 0 Å². The zero-order valence-electron chi connectivity index (χ0n) is 19.0. The van der Waals surface area contributed by atoms with E-state index in [0.717, 1.165) is 18.8 Å². The van der Waals surface area contributed by atoms with Crippen LogP contribution in [0.3, 0.4) is 0 Å². The van der Waals surface area contributed by atoms with Gasteiger partial charge in [-0.3, -0.25) is 9.59 Å². The smallest absolute Gasteiger partial charge is 0.309 e. The lowest BCUT2D eigenvalue weighted by Gasteiger charge is -2.36. The van der Waals surface area contributed by atoms with Crippen molar-refractivity contribution >= 4 is 11.9 Å². The number of rotatable bonds is 11. The summed E-state index contributed by atoms with van der Waals surface area (Å²) in [6, 6.07) is 0. The maximum absolute atomic E-state index is 12.7. The van der Waals surface area contributed by atoms with Crippen LogP contribution >= 0.6 is 0 Å². The molecule has 0 spiro atoms. The largest absolute Gasteiger partial charge is 0.481 e. The average Bonchev–Trinajstić information content (AvgIpc) is 2.70. The molecule has 4 nitrogen and oxygen atoms in total. The molecule has 29 heavy (non-hydrogen) atoms. The summed E-state index contributed by atoms with van der Waals surface area (Å²) in [5.41, 5.74) is 0. The van der Waals surface area contributed by atoms with Gasteiger partial charge in [-0.1, -0.05) is 78.6 Å². The average molecular weight is 409 g/mol. The van der Waals surface area contributed by atoms with Crippen LogP contribution in [0, 0.1) is 35.5 Å². The lowest BCUT2D eigenvalue weighted by atomic mass is 9.71. The molecule has 6 unspecified atom stereocenters. The number of carbonyl (C=O) groups excluding carboxylic acids is 1. The Hall–Kier alpha value is -1.06. The van der Waals surface area contributed by atoms with Crippen LogP contribution in [0.15, 0.2) is 0 Å². The van der Waals surface area contributed by atoms with Crippen molar-refractivity contribution in [3.63, 3.8) is 0 Å². The molecular weight excluding hydrogens is 364 g/mol. The molecule has 0 aromatic heterocycles. The third-order valence-corrected chi connectivity index (χ3v) is 7.74. The molecule has 2 saturated carbocycles. The molecule has 0 saturated heterocycles. The Morgan fingerprint density at radius 1 is 0.897 bits per heavy atom. The second kappa shape index (κ2) is 12.6. The Labute approximate surface area is 178 Å². The Bertz CT molecular complexity index is 503. The normalized spacial score (nSPS) is 32.7. The molecule has 0 aliphatic heterocycles. The molecule has 168 valence electrons. The van der Waals surface area contributed by atoms with Gasteiger partial charge >= 0.3 is 11.9 Å². The molecule has 0 amide bonds. The van der Waals surface area contributed by atoms with Crippen LogP contribution in [0.5, 0.6) is 0 Å². The van der Waals surface area contributed by atoms with Gasteiger partial charge in [0.25, 0.3) is 0 Å². The van der Waals surface area contributed by atoms with Crippen LogP contribution in [0.4, 0.5) is 0 Å². The zero-order valence-corrected chi connectivity index (χ0v) is 19.0. The van der Waals surface area contributed by atoms with Crippen LogP contribution in [0.1, 0.15) is 104 Å². The SMILES string of the molecule is CCCCCCCCC1CCCC(COC(=O)C2CCC(C)CC2C(=O)O)C1C. The number of ether oxygens (including phenoxy) is 1. The first-order chi connectivity index (χ1) is 13.9. The predicted molar refractivity (Wildman–Crippen MR) is 117 cm³/mol. The van der Waals surface area contributed by atoms with Gasteiger partial charge in [0, 0.05) is 0 Å². The maximum atomic E-state index is 12.7. The van der Waals surface area contributed by atoms with Crippen molar-refractivity contribution in [1.29, 1.82) is 0 Å². The van der Waals surface area contributed by atoms with Gasteiger partial charge < -0.3 is 9.84 Å². The standard InChI is InChI=1S/C25H44O4/c1-4-5-6-7-8-9-11-20-12-10-13-21(19(20)3)17-29-25(28)22-15-14-18(2)16-23(22)24(26)27/h18-23H,4-17H2,1-3H3,(H,26,27). The summed E-state index contributed by atoms with van der Waals surface area (Å²) in [4.78, 5) is 24.3. The van der Waals surface area contributed by atoms with Crippen molar-refractivity contribution < 1.29 is 19.4 Å². The minimum Gasteiger partial charge on any atom is -0.481 e. The summed E-state index contributed by atoms with van der Waals surface area (Å²) < 4.78 is 5.72. The van der Waals surface area contributed by atoms with E-state index in [0.29, 0.717) is 37.2 Å². The third-order valence-electron chi connectivity index (χ3n) is 7.74. The quantitative estimate of drug-likeness (QED) is 0.314. The summed E-state index contributed by atoms with van der Waals surface area (Å²) in [6.45, 7) is 7.14. The first-order valence-electron chi connectivity index (χ1n) is 12.3. The Kier molecular flexibility index (Phi) is 10.5. The van der Waals surface area contributed by atoms with Gasteiger partial charge in [-0.2, -0.15) is 0 Å². The number of hydrogen-bond acceptors (Lipinski definition) is 3.